The van der Waals surface area contributed by atoms with Crippen molar-refractivity contribution >= 4 is 0 Å². The first-order chi connectivity index (χ1) is 7.16. The molecule has 0 saturated heterocycles. The fourth-order valence-corrected chi connectivity index (χ4v) is 1.65. The molecule has 82 valence electrons. The summed E-state index contributed by atoms with van der Waals surface area (Å²) >= 11 is 0. The summed E-state index contributed by atoms with van der Waals surface area (Å²) < 4.78 is 0. The van der Waals surface area contributed by atoms with Gasteiger partial charge in [-0.05, 0) is 44.0 Å². The Morgan fingerprint density at radius 1 is 1.60 bits per heavy atom. The van der Waals surface area contributed by atoms with Gasteiger partial charge in [0.15, 0.2) is 0 Å². The van der Waals surface area contributed by atoms with Crippen LogP contribution in [0.1, 0.15) is 37.4 Å². The molecule has 1 unspecified atom stereocenters. The van der Waals surface area contributed by atoms with Crippen molar-refractivity contribution in [3.05, 3.63) is 41.7 Å². The number of aromatic nitrogens is 1. The van der Waals surface area contributed by atoms with Crippen LogP contribution in [0.3, 0.4) is 0 Å². The molecule has 0 radical (unpaired) electrons. The summed E-state index contributed by atoms with van der Waals surface area (Å²) in [5.41, 5.74) is 3.65. The second-order valence-corrected chi connectivity index (χ2v) is 3.97. The fourth-order valence-electron chi connectivity index (χ4n) is 1.65. The van der Waals surface area contributed by atoms with E-state index in [0.29, 0.717) is 0 Å². The van der Waals surface area contributed by atoms with Crippen LogP contribution < -0.4 is 5.32 Å². The van der Waals surface area contributed by atoms with E-state index in [9.17, 15) is 0 Å². The molecular weight excluding hydrogens is 184 g/mol. The summed E-state index contributed by atoms with van der Waals surface area (Å²) in [7, 11) is 0. The van der Waals surface area contributed by atoms with Crippen LogP contribution in [-0.4, -0.2) is 11.5 Å². The first kappa shape index (κ1) is 11.9. The lowest BCUT2D eigenvalue weighted by atomic mass is 9.98. The van der Waals surface area contributed by atoms with Crippen molar-refractivity contribution in [2.75, 3.05) is 6.54 Å². The lowest BCUT2D eigenvalue weighted by Crippen LogP contribution is -2.23. The number of nitrogens with zero attached hydrogens (tertiary/aromatic N) is 1. The zero-order valence-corrected chi connectivity index (χ0v) is 9.88. The summed E-state index contributed by atoms with van der Waals surface area (Å²) in [6.07, 6.45) is 4.87. The average Bonchev–Trinajstić information content (AvgIpc) is 2.20. The predicted molar refractivity (Wildman–Crippen MR) is 64.8 cm³/mol. The van der Waals surface area contributed by atoms with Crippen molar-refractivity contribution in [1.29, 1.82) is 0 Å². The van der Waals surface area contributed by atoms with E-state index in [-0.39, 0.29) is 6.04 Å². The van der Waals surface area contributed by atoms with E-state index >= 15 is 0 Å². The van der Waals surface area contributed by atoms with Gasteiger partial charge in [0.25, 0.3) is 0 Å². The highest BCUT2D eigenvalue weighted by Gasteiger charge is 2.12. The molecular formula is C13H20N2. The highest BCUT2D eigenvalue weighted by molar-refractivity contribution is 5.30. The molecule has 1 atom stereocenters. The maximum Gasteiger partial charge on any atom is 0.0534 e. The van der Waals surface area contributed by atoms with E-state index in [2.05, 4.69) is 43.7 Å². The highest BCUT2D eigenvalue weighted by Crippen LogP contribution is 2.22. The minimum Gasteiger partial charge on any atom is -0.307 e. The third-order valence-corrected chi connectivity index (χ3v) is 2.47. The molecule has 0 aliphatic rings. The van der Waals surface area contributed by atoms with Crippen LogP contribution >= 0.6 is 0 Å². The molecule has 0 aromatic carbocycles. The van der Waals surface area contributed by atoms with Gasteiger partial charge in [-0.3, -0.25) is 4.98 Å². The van der Waals surface area contributed by atoms with Gasteiger partial charge in [0.2, 0.25) is 0 Å². The zero-order chi connectivity index (χ0) is 11.3. The van der Waals surface area contributed by atoms with Gasteiger partial charge in [0, 0.05) is 12.4 Å². The monoisotopic (exact) mass is 204 g/mol. The Morgan fingerprint density at radius 3 is 2.87 bits per heavy atom. The molecule has 1 rings (SSSR count). The third-order valence-electron chi connectivity index (χ3n) is 2.47. The van der Waals surface area contributed by atoms with Gasteiger partial charge in [-0.1, -0.05) is 19.1 Å². The van der Waals surface area contributed by atoms with Crippen LogP contribution in [0.4, 0.5) is 0 Å². The molecule has 1 heterocycles. The van der Waals surface area contributed by atoms with Gasteiger partial charge < -0.3 is 5.32 Å². The van der Waals surface area contributed by atoms with Gasteiger partial charge >= 0.3 is 0 Å². The number of rotatable bonds is 5. The molecule has 0 aliphatic heterocycles. The molecule has 2 nitrogen and oxygen atoms in total. The maximum atomic E-state index is 4.11. The van der Waals surface area contributed by atoms with Crippen molar-refractivity contribution in [3.63, 3.8) is 0 Å². The molecule has 0 saturated carbocycles. The van der Waals surface area contributed by atoms with E-state index in [0.717, 1.165) is 18.5 Å². The first-order valence-corrected chi connectivity index (χ1v) is 5.46. The Kier molecular flexibility index (Phi) is 4.50. The van der Waals surface area contributed by atoms with Crippen molar-refractivity contribution in [3.8, 4) is 0 Å². The third kappa shape index (κ3) is 3.17. The van der Waals surface area contributed by atoms with Gasteiger partial charge in [-0.2, -0.15) is 0 Å². The second-order valence-electron chi connectivity index (χ2n) is 3.97. The minimum absolute atomic E-state index is 0.257. The molecule has 1 aromatic heterocycles. The van der Waals surface area contributed by atoms with Gasteiger partial charge in [-0.25, -0.2) is 0 Å². The number of pyridine rings is 1. The van der Waals surface area contributed by atoms with Crippen LogP contribution in [0.15, 0.2) is 30.6 Å². The second kappa shape index (κ2) is 5.66. The number of nitrogens with one attached hydrogen (secondary N) is 1. The molecule has 0 aliphatic carbocycles. The van der Waals surface area contributed by atoms with E-state index in [1.54, 1.807) is 0 Å². The number of aryl methyl sites for hydroxylation is 1. The average molecular weight is 204 g/mol. The van der Waals surface area contributed by atoms with Crippen molar-refractivity contribution in [1.82, 2.24) is 10.3 Å². The van der Waals surface area contributed by atoms with Gasteiger partial charge in [0.1, 0.15) is 0 Å². The van der Waals surface area contributed by atoms with Crippen LogP contribution in [0, 0.1) is 6.92 Å². The summed E-state index contributed by atoms with van der Waals surface area (Å²) in [4.78, 5) is 4.11. The van der Waals surface area contributed by atoms with Crippen LogP contribution in [0.5, 0.6) is 0 Å². The fraction of sp³-hybridized carbons (Fsp3) is 0.462. The van der Waals surface area contributed by atoms with Crippen LogP contribution in [0.25, 0.3) is 0 Å². The predicted octanol–water partition coefficient (Wildman–Crippen LogP) is 3.01. The minimum atomic E-state index is 0.257. The van der Waals surface area contributed by atoms with Crippen molar-refractivity contribution in [2.24, 2.45) is 0 Å². The smallest absolute Gasteiger partial charge is 0.0534 e. The largest absolute Gasteiger partial charge is 0.307 e. The van der Waals surface area contributed by atoms with Crippen LogP contribution in [0.2, 0.25) is 0 Å². The summed E-state index contributed by atoms with van der Waals surface area (Å²) in [5, 5.41) is 3.50. The van der Waals surface area contributed by atoms with Crippen molar-refractivity contribution in [2.45, 2.75) is 33.2 Å². The lowest BCUT2D eigenvalue weighted by Gasteiger charge is -2.20. The highest BCUT2D eigenvalue weighted by atomic mass is 14.9. The molecule has 2 heteroatoms. The Labute approximate surface area is 92.4 Å². The molecule has 0 spiro atoms. The Hall–Kier alpha value is -1.15. The molecule has 1 aromatic rings. The summed E-state index contributed by atoms with van der Waals surface area (Å²) in [5.74, 6) is 0. The summed E-state index contributed by atoms with van der Waals surface area (Å²) in [6.45, 7) is 11.4. The SMILES string of the molecule is C=C(C)C(NCCC)c1ccncc1C. The molecule has 0 amide bonds. The van der Waals surface area contributed by atoms with E-state index in [1.807, 2.05) is 12.4 Å². The Morgan fingerprint density at radius 2 is 2.33 bits per heavy atom. The molecule has 1 N–H and O–H groups in total. The number of hydrogen-bond donors (Lipinski definition) is 1. The molecule has 0 fully saturated rings. The molecule has 0 bridgehead atoms. The normalized spacial score (nSPS) is 12.5. The topological polar surface area (TPSA) is 24.9 Å². The van der Waals surface area contributed by atoms with Gasteiger partial charge in [-0.15, -0.1) is 0 Å². The number of hydrogen-bond acceptors (Lipinski definition) is 2. The zero-order valence-electron chi connectivity index (χ0n) is 9.88. The van der Waals surface area contributed by atoms with Crippen LogP contribution in [-0.2, 0) is 0 Å². The Bertz CT molecular complexity index is 331. The first-order valence-electron chi connectivity index (χ1n) is 5.46. The molecule has 15 heavy (non-hydrogen) atoms. The standard InChI is InChI=1S/C13H20N2/c1-5-7-15-13(10(2)3)12-6-8-14-9-11(12)4/h6,8-9,13,15H,2,5,7H2,1,3-4H3. The van der Waals surface area contributed by atoms with E-state index in [1.165, 1.54) is 11.1 Å². The lowest BCUT2D eigenvalue weighted by molar-refractivity contribution is 0.588. The maximum absolute atomic E-state index is 4.11. The quantitative estimate of drug-likeness (QED) is 0.746. The van der Waals surface area contributed by atoms with E-state index in [4.69, 9.17) is 0 Å². The van der Waals surface area contributed by atoms with Crippen molar-refractivity contribution < 1.29 is 0 Å². The Balaban J connectivity index is 2.89. The van der Waals surface area contributed by atoms with Gasteiger partial charge in [0.05, 0.1) is 6.04 Å². The summed E-state index contributed by atoms with van der Waals surface area (Å²) in [6, 6.07) is 2.32. The van der Waals surface area contributed by atoms with E-state index < -0.39 is 0 Å².